The molecule has 0 aliphatic carbocycles. The van der Waals surface area contributed by atoms with Crippen LogP contribution in [0, 0.1) is 6.92 Å². The zero-order valence-corrected chi connectivity index (χ0v) is 19.1. The Morgan fingerprint density at radius 2 is 1.66 bits per heavy atom. The number of hydrazone groups is 1. The highest BCUT2D eigenvalue weighted by molar-refractivity contribution is 6.37. The summed E-state index contributed by atoms with van der Waals surface area (Å²) in [4.78, 5) is 24.2. The number of nitrogens with one attached hydrogen (secondary N) is 2. The van der Waals surface area contributed by atoms with Gasteiger partial charge in [-0.1, -0.05) is 59.1 Å². The lowest BCUT2D eigenvalue weighted by Crippen LogP contribution is -2.20. The second-order valence-corrected chi connectivity index (χ2v) is 7.90. The molecular weight excluding hydrogens is 473 g/mol. The van der Waals surface area contributed by atoms with Gasteiger partial charge in [-0.25, -0.2) is 5.43 Å². The molecule has 0 aromatic heterocycles. The van der Waals surface area contributed by atoms with Gasteiger partial charge in [0, 0.05) is 16.3 Å². The lowest BCUT2D eigenvalue weighted by Gasteiger charge is -2.11. The third-order valence-electron chi connectivity index (χ3n) is 4.24. The van der Waals surface area contributed by atoms with Crippen molar-refractivity contribution in [2.45, 2.75) is 6.92 Å². The highest BCUT2D eigenvalue weighted by atomic mass is 35.5. The van der Waals surface area contributed by atoms with Crippen LogP contribution in [0.4, 0.5) is 5.69 Å². The number of nitrogens with zero attached hydrogens (tertiary/aromatic N) is 1. The van der Waals surface area contributed by atoms with Crippen molar-refractivity contribution in [1.29, 1.82) is 0 Å². The van der Waals surface area contributed by atoms with Gasteiger partial charge in [0.2, 0.25) is 0 Å². The summed E-state index contributed by atoms with van der Waals surface area (Å²) in [7, 11) is 0. The van der Waals surface area contributed by atoms with E-state index < -0.39 is 5.91 Å². The van der Waals surface area contributed by atoms with E-state index in [0.717, 1.165) is 5.56 Å². The Hall–Kier alpha value is -3.06. The maximum atomic E-state index is 12.2. The van der Waals surface area contributed by atoms with Crippen LogP contribution in [-0.4, -0.2) is 24.6 Å². The predicted octanol–water partition coefficient (Wildman–Crippen LogP) is 5.74. The smallest absolute Gasteiger partial charge is 0.271 e. The Morgan fingerprint density at radius 3 is 2.31 bits per heavy atom. The molecule has 2 amide bonds. The summed E-state index contributed by atoms with van der Waals surface area (Å²) in [5, 5.41) is 7.53. The van der Waals surface area contributed by atoms with Crippen LogP contribution in [-0.2, 0) is 4.79 Å². The molecule has 3 aromatic carbocycles. The molecule has 0 heterocycles. The Bertz CT molecular complexity index is 1140. The first-order valence-corrected chi connectivity index (χ1v) is 10.5. The maximum absolute atomic E-state index is 12.2. The monoisotopic (exact) mass is 489 g/mol. The summed E-state index contributed by atoms with van der Waals surface area (Å²) in [5.41, 5.74) is 4.90. The van der Waals surface area contributed by atoms with Crippen molar-refractivity contribution in [1.82, 2.24) is 5.43 Å². The van der Waals surface area contributed by atoms with Crippen molar-refractivity contribution in [3.05, 3.63) is 92.4 Å². The minimum absolute atomic E-state index is 0.163. The van der Waals surface area contributed by atoms with Gasteiger partial charge in [-0.15, -0.1) is 0 Å². The molecule has 0 bridgehead atoms. The van der Waals surface area contributed by atoms with E-state index in [1.54, 1.807) is 54.6 Å². The van der Waals surface area contributed by atoms with Crippen molar-refractivity contribution in [3.8, 4) is 5.75 Å². The molecule has 9 heteroatoms. The van der Waals surface area contributed by atoms with Gasteiger partial charge in [0.25, 0.3) is 11.8 Å². The minimum atomic E-state index is -0.397. The Balaban J connectivity index is 1.58. The molecule has 0 unspecified atom stereocenters. The second-order valence-electron chi connectivity index (χ2n) is 6.68. The standard InChI is InChI=1S/C23H18Cl3N3O3/c1-14-7-8-17(11-18(14)24)28-21(30)13-32-22-19(25)9-15(10-20(22)26)12-27-29-23(31)16-5-3-2-4-6-16/h2-12H,13H2,1H3,(H,28,30)(H,29,31)/b27-12+. The van der Waals surface area contributed by atoms with Gasteiger partial charge in [0.1, 0.15) is 0 Å². The van der Waals surface area contributed by atoms with Crippen molar-refractivity contribution in [2.75, 3.05) is 11.9 Å². The summed E-state index contributed by atoms with van der Waals surface area (Å²) in [5.74, 6) is -0.581. The SMILES string of the molecule is Cc1ccc(NC(=O)COc2c(Cl)cc(/C=N/NC(=O)c3ccccc3)cc2Cl)cc1Cl. The number of aryl methyl sites for hydroxylation is 1. The second kappa shape index (κ2) is 11.0. The van der Waals surface area contributed by atoms with E-state index in [2.05, 4.69) is 15.8 Å². The van der Waals surface area contributed by atoms with Crippen LogP contribution in [0.2, 0.25) is 15.1 Å². The number of benzene rings is 3. The molecule has 0 saturated heterocycles. The van der Waals surface area contributed by atoms with Crippen molar-refractivity contribution in [2.24, 2.45) is 5.10 Å². The number of amides is 2. The van der Waals surface area contributed by atoms with Gasteiger partial charge in [-0.05, 0) is 54.4 Å². The van der Waals surface area contributed by atoms with Gasteiger partial charge in [0.05, 0.1) is 16.3 Å². The summed E-state index contributed by atoms with van der Waals surface area (Å²) in [6, 6.07) is 17.0. The summed E-state index contributed by atoms with van der Waals surface area (Å²) in [6.07, 6.45) is 1.40. The normalized spacial score (nSPS) is 10.8. The molecule has 0 aliphatic rings. The Labute approximate surface area is 200 Å². The number of anilines is 1. The van der Waals surface area contributed by atoms with Crippen LogP contribution in [0.1, 0.15) is 21.5 Å². The van der Waals surface area contributed by atoms with E-state index in [1.165, 1.54) is 6.21 Å². The molecule has 32 heavy (non-hydrogen) atoms. The molecule has 2 N–H and O–H groups in total. The third kappa shape index (κ3) is 6.47. The zero-order chi connectivity index (χ0) is 23.1. The number of rotatable bonds is 7. The molecule has 0 radical (unpaired) electrons. The number of hydrogen-bond acceptors (Lipinski definition) is 4. The maximum Gasteiger partial charge on any atom is 0.271 e. The van der Waals surface area contributed by atoms with Crippen LogP contribution >= 0.6 is 34.8 Å². The fourth-order valence-corrected chi connectivity index (χ4v) is 3.41. The van der Waals surface area contributed by atoms with E-state index in [9.17, 15) is 9.59 Å². The first-order chi connectivity index (χ1) is 15.3. The molecule has 0 fully saturated rings. The molecule has 0 atom stereocenters. The average molecular weight is 491 g/mol. The van der Waals surface area contributed by atoms with Gasteiger partial charge < -0.3 is 10.1 Å². The number of hydrogen-bond donors (Lipinski definition) is 2. The molecule has 6 nitrogen and oxygen atoms in total. The van der Waals surface area contributed by atoms with E-state index in [0.29, 0.717) is 21.8 Å². The van der Waals surface area contributed by atoms with Crippen LogP contribution < -0.4 is 15.5 Å². The summed E-state index contributed by atoms with van der Waals surface area (Å²) < 4.78 is 5.49. The fourth-order valence-electron chi connectivity index (χ4n) is 2.62. The number of ether oxygens (including phenoxy) is 1. The number of halogens is 3. The zero-order valence-electron chi connectivity index (χ0n) is 16.9. The number of carbonyl (C=O) groups is 2. The topological polar surface area (TPSA) is 79.8 Å². The quantitative estimate of drug-likeness (QED) is 0.327. The Morgan fingerprint density at radius 1 is 0.969 bits per heavy atom. The van der Waals surface area contributed by atoms with Gasteiger partial charge in [-0.2, -0.15) is 5.10 Å². The lowest BCUT2D eigenvalue weighted by atomic mass is 10.2. The summed E-state index contributed by atoms with van der Waals surface area (Å²) in [6.45, 7) is 1.57. The Kier molecular flexibility index (Phi) is 8.11. The molecule has 0 aliphatic heterocycles. The van der Waals surface area contributed by atoms with Gasteiger partial charge in [0.15, 0.2) is 12.4 Å². The first kappa shape index (κ1) is 23.6. The largest absolute Gasteiger partial charge is 0.481 e. The molecule has 164 valence electrons. The summed E-state index contributed by atoms with van der Waals surface area (Å²) >= 11 is 18.6. The van der Waals surface area contributed by atoms with Gasteiger partial charge >= 0.3 is 0 Å². The molecule has 0 saturated carbocycles. The fraction of sp³-hybridized carbons (Fsp3) is 0.0870. The van der Waals surface area contributed by atoms with Crippen molar-refractivity contribution in [3.63, 3.8) is 0 Å². The van der Waals surface area contributed by atoms with Crippen molar-refractivity contribution < 1.29 is 14.3 Å². The minimum Gasteiger partial charge on any atom is -0.481 e. The van der Waals surface area contributed by atoms with Crippen LogP contribution in [0.25, 0.3) is 0 Å². The highest BCUT2D eigenvalue weighted by Gasteiger charge is 2.12. The van der Waals surface area contributed by atoms with Crippen LogP contribution in [0.5, 0.6) is 5.75 Å². The molecule has 3 aromatic rings. The molecular formula is C23H18Cl3N3O3. The average Bonchev–Trinajstić information content (AvgIpc) is 2.76. The number of carbonyl (C=O) groups excluding carboxylic acids is 2. The highest BCUT2D eigenvalue weighted by Crippen LogP contribution is 2.34. The van der Waals surface area contributed by atoms with E-state index in [1.807, 2.05) is 13.0 Å². The van der Waals surface area contributed by atoms with Gasteiger partial charge in [-0.3, -0.25) is 9.59 Å². The van der Waals surface area contributed by atoms with Crippen molar-refractivity contribution >= 4 is 58.5 Å². The van der Waals surface area contributed by atoms with Crippen LogP contribution in [0.3, 0.4) is 0 Å². The van der Waals surface area contributed by atoms with E-state index in [-0.39, 0.29) is 28.3 Å². The molecule has 3 rings (SSSR count). The predicted molar refractivity (Wildman–Crippen MR) is 128 cm³/mol. The van der Waals surface area contributed by atoms with Crippen LogP contribution in [0.15, 0.2) is 65.8 Å². The lowest BCUT2D eigenvalue weighted by molar-refractivity contribution is -0.118. The first-order valence-electron chi connectivity index (χ1n) is 9.40. The molecule has 0 spiro atoms. The third-order valence-corrected chi connectivity index (χ3v) is 5.21. The van der Waals surface area contributed by atoms with E-state index in [4.69, 9.17) is 39.5 Å². The van der Waals surface area contributed by atoms with E-state index >= 15 is 0 Å².